The number of thiazole rings is 1. The van der Waals surface area contributed by atoms with Crippen molar-refractivity contribution in [2.45, 2.75) is 25.3 Å². The van der Waals surface area contributed by atoms with Crippen LogP contribution in [0.25, 0.3) is 10.6 Å². The third-order valence-electron chi connectivity index (χ3n) is 3.14. The fraction of sp³-hybridized carbons (Fsp3) is 0.357. The van der Waals surface area contributed by atoms with Gasteiger partial charge in [-0.3, -0.25) is 0 Å². The third-order valence-corrected chi connectivity index (χ3v) is 4.70. The van der Waals surface area contributed by atoms with Crippen molar-refractivity contribution in [2.24, 2.45) is 0 Å². The lowest BCUT2D eigenvalue weighted by molar-refractivity contribution is 0.813. The molecule has 1 fully saturated rings. The van der Waals surface area contributed by atoms with Crippen molar-refractivity contribution in [3.8, 4) is 10.6 Å². The van der Waals surface area contributed by atoms with Crippen molar-refractivity contribution in [3.63, 3.8) is 0 Å². The van der Waals surface area contributed by atoms with Gasteiger partial charge in [0.2, 0.25) is 0 Å². The number of halogens is 2. The van der Waals surface area contributed by atoms with E-state index in [0.29, 0.717) is 16.0 Å². The summed E-state index contributed by atoms with van der Waals surface area (Å²) in [6.45, 7) is 0.873. The van der Waals surface area contributed by atoms with Crippen molar-refractivity contribution in [2.75, 3.05) is 7.05 Å². The molecule has 0 atom stereocenters. The van der Waals surface area contributed by atoms with Crippen LogP contribution in [0.15, 0.2) is 18.2 Å². The van der Waals surface area contributed by atoms with Crippen molar-refractivity contribution in [1.29, 1.82) is 0 Å². The topological polar surface area (TPSA) is 24.9 Å². The van der Waals surface area contributed by atoms with Gasteiger partial charge in [-0.05, 0) is 38.1 Å². The summed E-state index contributed by atoms with van der Waals surface area (Å²) in [5, 5.41) is 5.53. The Labute approximate surface area is 126 Å². The van der Waals surface area contributed by atoms with Crippen LogP contribution in [0.2, 0.25) is 10.0 Å². The van der Waals surface area contributed by atoms with Crippen LogP contribution in [0, 0.1) is 0 Å². The van der Waals surface area contributed by atoms with Gasteiger partial charge in [0, 0.05) is 32.9 Å². The van der Waals surface area contributed by atoms with Gasteiger partial charge in [-0.15, -0.1) is 11.3 Å². The first-order chi connectivity index (χ1) is 9.17. The van der Waals surface area contributed by atoms with E-state index in [0.717, 1.165) is 17.1 Å². The number of nitrogens with zero attached hydrogens (tertiary/aromatic N) is 1. The molecule has 0 aliphatic heterocycles. The van der Waals surface area contributed by atoms with Crippen molar-refractivity contribution in [1.82, 2.24) is 10.3 Å². The largest absolute Gasteiger partial charge is 0.315 e. The van der Waals surface area contributed by atoms with E-state index >= 15 is 0 Å². The summed E-state index contributed by atoms with van der Waals surface area (Å²) in [4.78, 5) is 6.13. The quantitative estimate of drug-likeness (QED) is 0.884. The van der Waals surface area contributed by atoms with Crippen LogP contribution in [-0.4, -0.2) is 12.0 Å². The molecule has 2 nitrogen and oxygen atoms in total. The molecule has 19 heavy (non-hydrogen) atoms. The predicted octanol–water partition coefficient (Wildman–Crippen LogP) is 4.71. The Hall–Kier alpha value is -0.610. The van der Waals surface area contributed by atoms with Crippen LogP contribution in [0.4, 0.5) is 0 Å². The molecule has 0 radical (unpaired) electrons. The Morgan fingerprint density at radius 2 is 1.95 bits per heavy atom. The smallest absolute Gasteiger partial charge is 0.124 e. The van der Waals surface area contributed by atoms with Crippen LogP contribution in [0.5, 0.6) is 0 Å². The summed E-state index contributed by atoms with van der Waals surface area (Å²) in [5.41, 5.74) is 2.26. The molecule has 3 rings (SSSR count). The minimum Gasteiger partial charge on any atom is -0.315 e. The van der Waals surface area contributed by atoms with Gasteiger partial charge in [-0.2, -0.15) is 0 Å². The second-order valence-corrected chi connectivity index (χ2v) is 6.75. The normalized spacial score (nSPS) is 14.9. The number of hydrogen-bond acceptors (Lipinski definition) is 3. The van der Waals surface area contributed by atoms with Gasteiger partial charge >= 0.3 is 0 Å². The molecular weight excluding hydrogens is 299 g/mol. The lowest BCUT2D eigenvalue weighted by Crippen LogP contribution is -2.05. The SMILES string of the molecule is CNCc1sc(-c2cc(Cl)cc(Cl)c2)nc1C1CC1. The van der Waals surface area contributed by atoms with E-state index in [4.69, 9.17) is 28.2 Å². The van der Waals surface area contributed by atoms with Crippen LogP contribution in [0.1, 0.15) is 29.3 Å². The molecule has 0 saturated heterocycles. The summed E-state index contributed by atoms with van der Waals surface area (Å²) in [7, 11) is 1.96. The molecule has 2 aromatic rings. The standard InChI is InChI=1S/C14H14Cl2N2S/c1-17-7-12-13(8-2-3-8)18-14(19-12)9-4-10(15)6-11(16)5-9/h4-6,8,17H,2-3,7H2,1H3. The van der Waals surface area contributed by atoms with E-state index in [2.05, 4.69) is 5.32 Å². The summed E-state index contributed by atoms with van der Waals surface area (Å²) in [5.74, 6) is 0.656. The number of hydrogen-bond donors (Lipinski definition) is 1. The zero-order chi connectivity index (χ0) is 13.4. The van der Waals surface area contributed by atoms with Gasteiger partial charge in [-0.25, -0.2) is 4.98 Å². The third kappa shape index (κ3) is 2.95. The highest BCUT2D eigenvalue weighted by molar-refractivity contribution is 7.15. The van der Waals surface area contributed by atoms with E-state index in [9.17, 15) is 0 Å². The molecule has 0 unspecified atom stereocenters. The lowest BCUT2D eigenvalue weighted by Gasteiger charge is -1.98. The van der Waals surface area contributed by atoms with Gasteiger partial charge in [-0.1, -0.05) is 23.2 Å². The number of aromatic nitrogens is 1. The van der Waals surface area contributed by atoms with Crippen molar-refractivity contribution in [3.05, 3.63) is 38.8 Å². The number of benzene rings is 1. The fourth-order valence-electron chi connectivity index (χ4n) is 2.13. The van der Waals surface area contributed by atoms with Crippen LogP contribution in [0.3, 0.4) is 0 Å². The Kier molecular flexibility index (Phi) is 3.81. The maximum Gasteiger partial charge on any atom is 0.124 e. The lowest BCUT2D eigenvalue weighted by atomic mass is 10.2. The van der Waals surface area contributed by atoms with Gasteiger partial charge in [0.25, 0.3) is 0 Å². The fourth-order valence-corrected chi connectivity index (χ4v) is 3.80. The zero-order valence-electron chi connectivity index (χ0n) is 10.5. The molecule has 0 bridgehead atoms. The molecule has 100 valence electrons. The van der Waals surface area contributed by atoms with Crippen molar-refractivity contribution >= 4 is 34.5 Å². The molecule has 1 aliphatic carbocycles. The highest BCUT2D eigenvalue weighted by Gasteiger charge is 2.29. The molecule has 1 saturated carbocycles. The second-order valence-electron chi connectivity index (χ2n) is 4.79. The highest BCUT2D eigenvalue weighted by atomic mass is 35.5. The Balaban J connectivity index is 2.02. The molecule has 1 aliphatic rings. The molecule has 0 spiro atoms. The van der Waals surface area contributed by atoms with Crippen molar-refractivity contribution < 1.29 is 0 Å². The monoisotopic (exact) mass is 312 g/mol. The Morgan fingerprint density at radius 3 is 2.53 bits per heavy atom. The van der Waals surface area contributed by atoms with Crippen LogP contribution < -0.4 is 5.32 Å². The average molecular weight is 313 g/mol. The number of rotatable bonds is 4. The van der Waals surface area contributed by atoms with Gasteiger partial charge in [0.15, 0.2) is 0 Å². The molecule has 1 N–H and O–H groups in total. The summed E-state index contributed by atoms with van der Waals surface area (Å²) < 4.78 is 0. The average Bonchev–Trinajstić information content (AvgIpc) is 3.10. The zero-order valence-corrected chi connectivity index (χ0v) is 12.9. The van der Waals surface area contributed by atoms with E-state index < -0.39 is 0 Å². The Morgan fingerprint density at radius 1 is 1.26 bits per heavy atom. The minimum absolute atomic E-state index is 0.654. The minimum atomic E-state index is 0.654. The van der Waals surface area contributed by atoms with Gasteiger partial charge in [0.1, 0.15) is 5.01 Å². The Bertz CT molecular complexity index is 585. The summed E-state index contributed by atoms with van der Waals surface area (Å²) in [6, 6.07) is 5.59. The first-order valence-electron chi connectivity index (χ1n) is 6.28. The maximum atomic E-state index is 6.06. The van der Waals surface area contributed by atoms with E-state index in [1.54, 1.807) is 17.4 Å². The van der Waals surface area contributed by atoms with Crippen LogP contribution >= 0.6 is 34.5 Å². The van der Waals surface area contributed by atoms with Crippen LogP contribution in [-0.2, 0) is 6.54 Å². The maximum absolute atomic E-state index is 6.06. The summed E-state index contributed by atoms with van der Waals surface area (Å²) >= 11 is 13.9. The molecule has 0 amide bonds. The van der Waals surface area contributed by atoms with E-state index in [1.165, 1.54) is 23.4 Å². The second kappa shape index (κ2) is 5.41. The summed E-state index contributed by atoms with van der Waals surface area (Å²) in [6.07, 6.45) is 2.52. The van der Waals surface area contributed by atoms with E-state index in [1.807, 2.05) is 19.2 Å². The van der Waals surface area contributed by atoms with Gasteiger partial charge < -0.3 is 5.32 Å². The van der Waals surface area contributed by atoms with Gasteiger partial charge in [0.05, 0.1) is 5.69 Å². The van der Waals surface area contributed by atoms with E-state index in [-0.39, 0.29) is 0 Å². The molecule has 1 heterocycles. The predicted molar refractivity (Wildman–Crippen MR) is 82.3 cm³/mol. The highest BCUT2D eigenvalue weighted by Crippen LogP contribution is 2.44. The first-order valence-corrected chi connectivity index (χ1v) is 7.85. The number of nitrogens with one attached hydrogen (secondary N) is 1. The molecule has 5 heteroatoms. The molecule has 1 aromatic heterocycles. The molecule has 1 aromatic carbocycles. The first kappa shape index (κ1) is 13.4. The molecular formula is C14H14Cl2N2S.